The van der Waals surface area contributed by atoms with E-state index in [9.17, 15) is 4.21 Å². The minimum absolute atomic E-state index is 0.356. The fourth-order valence-corrected chi connectivity index (χ4v) is 3.82. The van der Waals surface area contributed by atoms with E-state index < -0.39 is 10.6 Å². The van der Waals surface area contributed by atoms with Crippen molar-refractivity contribution >= 4 is 28.0 Å². The van der Waals surface area contributed by atoms with Gasteiger partial charge in [-0.25, -0.2) is 4.98 Å². The minimum atomic E-state index is -1.83. The molecule has 3 N–H and O–H groups in total. The first-order chi connectivity index (χ1) is 17.1. The number of nitrogens with zero attached hydrogens (tertiary/aromatic N) is 3. The zero-order valence-corrected chi connectivity index (χ0v) is 19.8. The van der Waals surface area contributed by atoms with Crippen molar-refractivity contribution in [2.45, 2.75) is 18.4 Å². The van der Waals surface area contributed by atoms with Crippen LogP contribution in [0.2, 0.25) is 0 Å². The highest BCUT2D eigenvalue weighted by molar-refractivity contribution is 7.73. The first-order valence-corrected chi connectivity index (χ1v) is 12.0. The molecule has 0 amide bonds. The number of aromatic nitrogens is 2. The molecule has 4 aromatic rings. The molecular formula is C26H23N6O2S-. The molecular weight excluding hydrogens is 460 g/mol. The third-order valence-corrected chi connectivity index (χ3v) is 5.79. The van der Waals surface area contributed by atoms with Crippen LogP contribution in [0.25, 0.3) is 11.1 Å². The van der Waals surface area contributed by atoms with E-state index in [1.54, 1.807) is 42.6 Å². The average molecular weight is 484 g/mol. The van der Waals surface area contributed by atoms with E-state index in [-0.39, 0.29) is 0 Å². The molecule has 0 fully saturated rings. The van der Waals surface area contributed by atoms with E-state index in [0.717, 1.165) is 22.4 Å². The largest absolute Gasteiger partial charge is 0.494 e. The summed E-state index contributed by atoms with van der Waals surface area (Å²) in [5.41, 5.74) is 3.98. The third kappa shape index (κ3) is 6.13. The van der Waals surface area contributed by atoms with Crippen LogP contribution in [0, 0.1) is 16.1 Å². The van der Waals surface area contributed by atoms with Crippen molar-refractivity contribution < 1.29 is 8.95 Å². The molecule has 0 aliphatic heterocycles. The van der Waals surface area contributed by atoms with Gasteiger partial charge in [-0.1, -0.05) is 47.4 Å². The standard InChI is InChI=1S/C26H23N6O2S/c1-2-34-22-12-10-20(11-13-22)24-17-30-26(31-21-4-3-5-23(14-21)35(28)33)32-25(24)29-16-19-8-6-18(15-27)7-9-19/h3-14,17,28H,2,16H2,1H3,(H2,29,30,31,32)/q-1. The molecule has 9 heteroatoms. The van der Waals surface area contributed by atoms with E-state index >= 15 is 0 Å². The Bertz CT molecular complexity index is 1420. The Morgan fingerprint density at radius 1 is 1.09 bits per heavy atom. The molecule has 0 saturated carbocycles. The quantitative estimate of drug-likeness (QED) is 0.255. The second kappa shape index (κ2) is 11.1. The van der Waals surface area contributed by atoms with Gasteiger partial charge in [0.15, 0.2) is 0 Å². The number of nitrogens with one attached hydrogen (secondary N) is 3. The molecule has 0 aliphatic carbocycles. The van der Waals surface area contributed by atoms with Crippen LogP contribution in [-0.4, -0.2) is 16.6 Å². The molecule has 0 radical (unpaired) electrons. The lowest BCUT2D eigenvalue weighted by Gasteiger charge is -2.14. The van der Waals surface area contributed by atoms with E-state index in [4.69, 9.17) is 14.8 Å². The summed E-state index contributed by atoms with van der Waals surface area (Å²) in [5.74, 6) is 1.76. The van der Waals surface area contributed by atoms with Crippen LogP contribution >= 0.6 is 0 Å². The summed E-state index contributed by atoms with van der Waals surface area (Å²) in [4.78, 5) is 9.55. The van der Waals surface area contributed by atoms with Crippen molar-refractivity contribution in [3.8, 4) is 22.9 Å². The lowest BCUT2D eigenvalue weighted by Crippen LogP contribution is -2.06. The maximum absolute atomic E-state index is 11.5. The highest BCUT2D eigenvalue weighted by atomic mass is 32.2. The average Bonchev–Trinajstić information content (AvgIpc) is 2.89. The first-order valence-electron chi connectivity index (χ1n) is 10.9. The molecule has 4 rings (SSSR count). The van der Waals surface area contributed by atoms with Crippen LogP contribution < -0.4 is 15.4 Å². The lowest BCUT2D eigenvalue weighted by molar-refractivity contribution is 0.340. The van der Waals surface area contributed by atoms with Crippen LogP contribution in [0.3, 0.4) is 0 Å². The summed E-state index contributed by atoms with van der Waals surface area (Å²) >= 11 is 0. The van der Waals surface area contributed by atoms with Crippen molar-refractivity contribution in [1.29, 1.82) is 10.0 Å². The van der Waals surface area contributed by atoms with E-state index in [1.165, 1.54) is 0 Å². The maximum Gasteiger partial charge on any atom is 0.229 e. The molecule has 1 aromatic heterocycles. The maximum atomic E-state index is 11.5. The lowest BCUT2D eigenvalue weighted by atomic mass is 10.1. The van der Waals surface area contributed by atoms with Crippen molar-refractivity contribution in [2.75, 3.05) is 17.2 Å². The SMILES string of the molecule is CCOc1ccc(-c2cnc(Nc3cccc([S-](=N)=O)c3)nc2NCc2ccc(C#N)cc2)cc1. The summed E-state index contributed by atoms with van der Waals surface area (Å²) in [6, 6.07) is 24.0. The van der Waals surface area contributed by atoms with Gasteiger partial charge in [0.25, 0.3) is 0 Å². The number of nitriles is 1. The Kier molecular flexibility index (Phi) is 7.55. The summed E-state index contributed by atoms with van der Waals surface area (Å²) in [6.45, 7) is 3.03. The second-order valence-corrected chi connectivity index (χ2v) is 8.51. The topological polar surface area (TPSA) is 124 Å². The van der Waals surface area contributed by atoms with Crippen LogP contribution in [0.5, 0.6) is 5.75 Å². The van der Waals surface area contributed by atoms with E-state index in [1.807, 2.05) is 43.3 Å². The summed E-state index contributed by atoms with van der Waals surface area (Å²) < 4.78 is 24.5. The van der Waals surface area contributed by atoms with Gasteiger partial charge in [-0.2, -0.15) is 20.8 Å². The fourth-order valence-electron chi connectivity index (χ4n) is 3.39. The van der Waals surface area contributed by atoms with Crippen LogP contribution in [-0.2, 0) is 21.3 Å². The number of rotatable bonds is 9. The predicted octanol–water partition coefficient (Wildman–Crippen LogP) is 5.85. The van der Waals surface area contributed by atoms with Gasteiger partial charge in [-0.15, -0.1) is 0 Å². The van der Waals surface area contributed by atoms with E-state index in [0.29, 0.717) is 41.1 Å². The summed E-state index contributed by atoms with van der Waals surface area (Å²) in [7, 11) is -1.83. The van der Waals surface area contributed by atoms with Crippen molar-refractivity contribution in [2.24, 2.45) is 0 Å². The Hall–Kier alpha value is -4.42. The summed E-state index contributed by atoms with van der Waals surface area (Å²) in [5, 5.41) is 15.5. The highest BCUT2D eigenvalue weighted by Gasteiger charge is 2.11. The number of hydrogen-bond acceptors (Lipinski definition) is 9. The normalized spacial score (nSPS) is 10.5. The number of hydrogen-bond donors (Lipinski definition) is 3. The Morgan fingerprint density at radius 2 is 1.86 bits per heavy atom. The van der Waals surface area contributed by atoms with Gasteiger partial charge in [-0.05, 0) is 48.4 Å². The molecule has 0 bridgehead atoms. The molecule has 8 nitrogen and oxygen atoms in total. The predicted molar refractivity (Wildman–Crippen MR) is 136 cm³/mol. The number of ether oxygens (including phenoxy) is 1. The fraction of sp³-hybridized carbons (Fsp3) is 0.115. The third-order valence-electron chi connectivity index (χ3n) is 5.11. The molecule has 176 valence electrons. The zero-order chi connectivity index (χ0) is 24.6. The van der Waals surface area contributed by atoms with Crippen molar-refractivity contribution in [3.63, 3.8) is 0 Å². The van der Waals surface area contributed by atoms with Gasteiger partial charge in [0.2, 0.25) is 5.95 Å². The zero-order valence-electron chi connectivity index (χ0n) is 19.0. The number of anilines is 3. The smallest absolute Gasteiger partial charge is 0.229 e. The molecule has 0 atom stereocenters. The summed E-state index contributed by atoms with van der Waals surface area (Å²) in [6.07, 6.45) is 1.73. The van der Waals surface area contributed by atoms with Gasteiger partial charge >= 0.3 is 0 Å². The van der Waals surface area contributed by atoms with Gasteiger partial charge < -0.3 is 24.4 Å². The van der Waals surface area contributed by atoms with Crippen molar-refractivity contribution in [1.82, 2.24) is 9.97 Å². The van der Waals surface area contributed by atoms with Crippen LogP contribution in [0.1, 0.15) is 18.1 Å². The monoisotopic (exact) mass is 483 g/mol. The second-order valence-electron chi connectivity index (χ2n) is 7.50. The Morgan fingerprint density at radius 3 is 2.54 bits per heavy atom. The number of benzene rings is 3. The molecule has 0 aliphatic rings. The van der Waals surface area contributed by atoms with Gasteiger partial charge in [0, 0.05) is 24.0 Å². The Labute approximate surface area is 205 Å². The molecule has 3 aromatic carbocycles. The van der Waals surface area contributed by atoms with Crippen LogP contribution in [0.4, 0.5) is 17.5 Å². The van der Waals surface area contributed by atoms with Gasteiger partial charge in [0.1, 0.15) is 11.6 Å². The molecule has 1 heterocycles. The first kappa shape index (κ1) is 23.7. The minimum Gasteiger partial charge on any atom is -0.494 e. The molecule has 0 saturated heterocycles. The van der Waals surface area contributed by atoms with Gasteiger partial charge in [-0.3, -0.25) is 0 Å². The van der Waals surface area contributed by atoms with Gasteiger partial charge in [0.05, 0.1) is 18.2 Å². The van der Waals surface area contributed by atoms with Crippen molar-refractivity contribution in [3.05, 3.63) is 90.1 Å². The Balaban J connectivity index is 1.64. The molecule has 0 unspecified atom stereocenters. The molecule has 0 spiro atoms. The molecule has 35 heavy (non-hydrogen) atoms. The highest BCUT2D eigenvalue weighted by Crippen LogP contribution is 2.29. The van der Waals surface area contributed by atoms with Crippen LogP contribution in [0.15, 0.2) is 83.9 Å². The van der Waals surface area contributed by atoms with E-state index in [2.05, 4.69) is 26.7 Å².